The summed E-state index contributed by atoms with van der Waals surface area (Å²) in [5.41, 5.74) is 8.02. The maximum atomic E-state index is 6.02. The largest absolute Gasteiger partial charge is 0.496 e. The highest BCUT2D eigenvalue weighted by Crippen LogP contribution is 2.31. The average molecular weight is 271 g/mol. The normalized spacial score (nSPS) is 10.8. The molecule has 0 amide bonds. The van der Waals surface area contributed by atoms with Crippen molar-refractivity contribution in [2.45, 2.75) is 6.92 Å². The van der Waals surface area contributed by atoms with Crippen molar-refractivity contribution in [3.05, 3.63) is 35.2 Å². The SMILES string of the molecule is COc1csc(-c2nc(N)c3cccc(C)c3n2)c1. The molecular formula is C14H13N3OS. The fraction of sp³-hybridized carbons (Fsp3) is 0.143. The first-order valence-electron chi connectivity index (χ1n) is 5.85. The first-order valence-corrected chi connectivity index (χ1v) is 6.72. The van der Waals surface area contributed by atoms with E-state index in [9.17, 15) is 0 Å². The van der Waals surface area contributed by atoms with Crippen LogP contribution >= 0.6 is 11.3 Å². The molecule has 0 saturated carbocycles. The summed E-state index contributed by atoms with van der Waals surface area (Å²) < 4.78 is 5.18. The number of fused-ring (bicyclic) bond motifs is 1. The van der Waals surface area contributed by atoms with Gasteiger partial charge in [-0.15, -0.1) is 11.3 Å². The van der Waals surface area contributed by atoms with E-state index in [-0.39, 0.29) is 0 Å². The molecule has 0 fully saturated rings. The van der Waals surface area contributed by atoms with Crippen LogP contribution in [0.2, 0.25) is 0 Å². The lowest BCUT2D eigenvalue weighted by atomic mass is 10.1. The Balaban J connectivity index is 2.22. The van der Waals surface area contributed by atoms with Crippen LogP contribution in [0.3, 0.4) is 0 Å². The van der Waals surface area contributed by atoms with Crippen molar-refractivity contribution in [2.24, 2.45) is 0 Å². The zero-order valence-electron chi connectivity index (χ0n) is 10.7. The summed E-state index contributed by atoms with van der Waals surface area (Å²) >= 11 is 1.54. The number of aryl methyl sites for hydroxylation is 1. The highest BCUT2D eigenvalue weighted by atomic mass is 32.1. The molecule has 0 spiro atoms. The molecule has 1 aromatic carbocycles. The first-order chi connectivity index (χ1) is 9.19. The fourth-order valence-electron chi connectivity index (χ4n) is 1.97. The molecular weight excluding hydrogens is 258 g/mol. The minimum absolute atomic E-state index is 0.510. The average Bonchev–Trinajstić information content (AvgIpc) is 2.88. The van der Waals surface area contributed by atoms with Crippen LogP contribution < -0.4 is 10.5 Å². The molecule has 3 aromatic rings. The van der Waals surface area contributed by atoms with Crippen molar-refractivity contribution in [3.8, 4) is 16.5 Å². The van der Waals surface area contributed by atoms with Gasteiger partial charge in [0, 0.05) is 16.8 Å². The van der Waals surface area contributed by atoms with Gasteiger partial charge in [-0.2, -0.15) is 0 Å². The van der Waals surface area contributed by atoms with E-state index in [0.717, 1.165) is 27.1 Å². The number of rotatable bonds is 2. The molecule has 0 unspecified atom stereocenters. The molecule has 0 aliphatic carbocycles. The highest BCUT2D eigenvalue weighted by Gasteiger charge is 2.11. The quantitative estimate of drug-likeness (QED) is 0.777. The molecule has 2 heterocycles. The Morgan fingerprint density at radius 2 is 2.11 bits per heavy atom. The maximum absolute atomic E-state index is 6.02. The lowest BCUT2D eigenvalue weighted by molar-refractivity contribution is 0.417. The first kappa shape index (κ1) is 11.9. The second kappa shape index (κ2) is 4.51. The molecule has 0 radical (unpaired) electrons. The summed E-state index contributed by atoms with van der Waals surface area (Å²) in [7, 11) is 1.64. The van der Waals surface area contributed by atoms with E-state index in [0.29, 0.717) is 11.6 Å². The number of aromatic nitrogens is 2. The third-order valence-electron chi connectivity index (χ3n) is 2.99. The topological polar surface area (TPSA) is 61.0 Å². The molecule has 2 N–H and O–H groups in total. The minimum Gasteiger partial charge on any atom is -0.496 e. The van der Waals surface area contributed by atoms with Crippen LogP contribution in [-0.2, 0) is 0 Å². The monoisotopic (exact) mass is 271 g/mol. The van der Waals surface area contributed by atoms with E-state index in [1.807, 2.05) is 36.6 Å². The van der Waals surface area contributed by atoms with E-state index >= 15 is 0 Å². The van der Waals surface area contributed by atoms with Gasteiger partial charge in [0.1, 0.15) is 11.6 Å². The van der Waals surface area contributed by atoms with E-state index in [1.54, 1.807) is 18.4 Å². The third-order valence-corrected chi connectivity index (χ3v) is 3.89. The lowest BCUT2D eigenvalue weighted by Crippen LogP contribution is -1.98. The zero-order chi connectivity index (χ0) is 13.4. The van der Waals surface area contributed by atoms with Gasteiger partial charge in [-0.1, -0.05) is 12.1 Å². The molecule has 96 valence electrons. The van der Waals surface area contributed by atoms with Gasteiger partial charge < -0.3 is 10.5 Å². The van der Waals surface area contributed by atoms with E-state index < -0.39 is 0 Å². The van der Waals surface area contributed by atoms with Crippen LogP contribution in [0.5, 0.6) is 5.75 Å². The highest BCUT2D eigenvalue weighted by molar-refractivity contribution is 7.13. The predicted octanol–water partition coefficient (Wildman–Crippen LogP) is 3.26. The van der Waals surface area contributed by atoms with Crippen LogP contribution in [0.25, 0.3) is 21.6 Å². The second-order valence-electron chi connectivity index (χ2n) is 4.25. The van der Waals surface area contributed by atoms with Crippen LogP contribution in [-0.4, -0.2) is 17.1 Å². The third kappa shape index (κ3) is 2.02. The van der Waals surface area contributed by atoms with Crippen molar-refractivity contribution < 1.29 is 4.74 Å². The molecule has 5 heteroatoms. The van der Waals surface area contributed by atoms with Gasteiger partial charge in [0.25, 0.3) is 0 Å². The summed E-state index contributed by atoms with van der Waals surface area (Å²) in [4.78, 5) is 9.95. The maximum Gasteiger partial charge on any atom is 0.172 e. The molecule has 2 aromatic heterocycles. The molecule has 4 nitrogen and oxygen atoms in total. The summed E-state index contributed by atoms with van der Waals surface area (Å²) in [5.74, 6) is 1.97. The molecule has 0 aliphatic heterocycles. The van der Waals surface area contributed by atoms with E-state index in [2.05, 4.69) is 9.97 Å². The smallest absolute Gasteiger partial charge is 0.172 e. The summed E-state index contributed by atoms with van der Waals surface area (Å²) in [6.07, 6.45) is 0. The molecule has 3 rings (SSSR count). The minimum atomic E-state index is 0.510. The molecule has 0 saturated heterocycles. The summed E-state index contributed by atoms with van der Waals surface area (Å²) in [6.45, 7) is 2.02. The number of ether oxygens (including phenoxy) is 1. The van der Waals surface area contributed by atoms with Crippen LogP contribution in [0.15, 0.2) is 29.6 Å². The van der Waals surface area contributed by atoms with Crippen LogP contribution in [0, 0.1) is 6.92 Å². The van der Waals surface area contributed by atoms with Gasteiger partial charge in [-0.25, -0.2) is 9.97 Å². The molecule has 0 aliphatic rings. The Bertz CT molecular complexity index is 752. The number of nitrogens with two attached hydrogens (primary N) is 1. The number of nitrogens with zero attached hydrogens (tertiary/aromatic N) is 2. The lowest BCUT2D eigenvalue weighted by Gasteiger charge is -2.05. The van der Waals surface area contributed by atoms with E-state index in [4.69, 9.17) is 10.5 Å². The van der Waals surface area contributed by atoms with Gasteiger partial charge >= 0.3 is 0 Å². The number of methoxy groups -OCH3 is 1. The molecule has 0 atom stereocenters. The zero-order valence-corrected chi connectivity index (χ0v) is 11.5. The molecule has 19 heavy (non-hydrogen) atoms. The van der Waals surface area contributed by atoms with Crippen molar-refractivity contribution in [1.82, 2.24) is 9.97 Å². The van der Waals surface area contributed by atoms with Crippen molar-refractivity contribution in [3.63, 3.8) is 0 Å². The van der Waals surface area contributed by atoms with Crippen LogP contribution in [0.1, 0.15) is 5.56 Å². The number of thiophene rings is 1. The van der Waals surface area contributed by atoms with Crippen molar-refractivity contribution >= 4 is 28.1 Å². The van der Waals surface area contributed by atoms with Crippen molar-refractivity contribution in [1.29, 1.82) is 0 Å². The van der Waals surface area contributed by atoms with Gasteiger partial charge in [-0.05, 0) is 18.6 Å². The number of benzene rings is 1. The van der Waals surface area contributed by atoms with Crippen LogP contribution in [0.4, 0.5) is 5.82 Å². The van der Waals surface area contributed by atoms with Gasteiger partial charge in [0.2, 0.25) is 0 Å². The van der Waals surface area contributed by atoms with Crippen molar-refractivity contribution in [2.75, 3.05) is 12.8 Å². The Kier molecular flexibility index (Phi) is 2.83. The van der Waals surface area contributed by atoms with Gasteiger partial charge in [0.05, 0.1) is 17.5 Å². The summed E-state index contributed by atoms with van der Waals surface area (Å²) in [6, 6.07) is 7.85. The standard InChI is InChI=1S/C14H13N3OS/c1-8-4-3-5-10-12(8)16-14(17-13(10)15)11-6-9(18-2)7-19-11/h3-7H,1-2H3,(H2,15,16,17). The Morgan fingerprint density at radius 3 is 2.84 bits per heavy atom. The summed E-state index contributed by atoms with van der Waals surface area (Å²) in [5, 5.41) is 2.82. The van der Waals surface area contributed by atoms with Gasteiger partial charge in [0.15, 0.2) is 5.82 Å². The Hall–Kier alpha value is -2.14. The number of hydrogen-bond acceptors (Lipinski definition) is 5. The molecule has 0 bridgehead atoms. The predicted molar refractivity (Wildman–Crippen MR) is 78.6 cm³/mol. The van der Waals surface area contributed by atoms with E-state index in [1.165, 1.54) is 0 Å². The Labute approximate surface area is 114 Å². The van der Waals surface area contributed by atoms with Gasteiger partial charge in [-0.3, -0.25) is 0 Å². The second-order valence-corrected chi connectivity index (χ2v) is 5.17. The fourth-order valence-corrected chi connectivity index (χ4v) is 2.76. The Morgan fingerprint density at radius 1 is 1.26 bits per heavy atom. The number of anilines is 1. The number of para-hydroxylation sites is 1. The number of nitrogen functional groups attached to an aromatic ring is 1. The number of hydrogen-bond donors (Lipinski definition) is 1.